The number of para-hydroxylation sites is 2. The number of thioether (sulfide) groups is 1. The van der Waals surface area contributed by atoms with Gasteiger partial charge in [-0.05, 0) is 24.3 Å². The van der Waals surface area contributed by atoms with E-state index < -0.39 is 0 Å². The minimum atomic E-state index is 0.533. The van der Waals surface area contributed by atoms with Gasteiger partial charge in [-0.15, -0.1) is 10.2 Å². The highest BCUT2D eigenvalue weighted by Gasteiger charge is 2.14. The molecule has 0 aliphatic heterocycles. The molecule has 0 amide bonds. The summed E-state index contributed by atoms with van der Waals surface area (Å²) in [6.45, 7) is 0.533. The number of aromatic nitrogens is 3. The molecule has 0 aliphatic carbocycles. The number of rotatable bonds is 7. The van der Waals surface area contributed by atoms with Crippen LogP contribution in [0.1, 0.15) is 0 Å². The number of hydrogen-bond acceptors (Lipinski definition) is 5. The molecule has 0 radical (unpaired) electrons. The van der Waals surface area contributed by atoms with Gasteiger partial charge in [0.2, 0.25) is 0 Å². The van der Waals surface area contributed by atoms with Crippen LogP contribution in [0.5, 0.6) is 11.5 Å². The van der Waals surface area contributed by atoms with Crippen molar-refractivity contribution >= 4 is 23.4 Å². The van der Waals surface area contributed by atoms with E-state index in [4.69, 9.17) is 21.1 Å². The minimum Gasteiger partial charge on any atom is -0.496 e. The topological polar surface area (TPSA) is 49.2 Å². The predicted molar refractivity (Wildman–Crippen MR) is 101 cm³/mol. The molecule has 2 aromatic carbocycles. The molecule has 0 bridgehead atoms. The first-order valence-electron chi connectivity index (χ1n) is 7.73. The van der Waals surface area contributed by atoms with E-state index >= 15 is 0 Å². The van der Waals surface area contributed by atoms with Gasteiger partial charge in [-0.3, -0.25) is 0 Å². The third kappa shape index (κ3) is 4.08. The molecule has 3 aromatic rings. The third-order valence-corrected chi connectivity index (χ3v) is 4.89. The van der Waals surface area contributed by atoms with Crippen LogP contribution in [0, 0.1) is 0 Å². The zero-order valence-corrected chi connectivity index (χ0v) is 15.5. The van der Waals surface area contributed by atoms with Gasteiger partial charge in [0.1, 0.15) is 11.5 Å². The highest BCUT2D eigenvalue weighted by molar-refractivity contribution is 7.99. The number of hydrogen-bond donors (Lipinski definition) is 0. The second-order valence-corrected chi connectivity index (χ2v) is 6.66. The lowest BCUT2D eigenvalue weighted by molar-refractivity contribution is 0.344. The second-order valence-electron chi connectivity index (χ2n) is 5.19. The molecular formula is C18H18ClN3O2S. The molecule has 5 nitrogen and oxygen atoms in total. The fourth-order valence-electron chi connectivity index (χ4n) is 2.35. The van der Waals surface area contributed by atoms with E-state index in [-0.39, 0.29) is 0 Å². The van der Waals surface area contributed by atoms with E-state index in [1.807, 2.05) is 60.1 Å². The average Bonchev–Trinajstić information content (AvgIpc) is 3.00. The van der Waals surface area contributed by atoms with E-state index in [0.717, 1.165) is 28.0 Å². The molecule has 0 unspecified atom stereocenters. The molecule has 1 aromatic heterocycles. The third-order valence-electron chi connectivity index (χ3n) is 3.59. The van der Waals surface area contributed by atoms with Crippen molar-refractivity contribution in [2.75, 3.05) is 19.5 Å². The number of benzene rings is 2. The summed E-state index contributed by atoms with van der Waals surface area (Å²) in [5, 5.41) is 10.0. The normalized spacial score (nSPS) is 10.7. The Morgan fingerprint density at radius 3 is 2.52 bits per heavy atom. The van der Waals surface area contributed by atoms with Crippen molar-refractivity contribution in [3.8, 4) is 22.9 Å². The average molecular weight is 376 g/mol. The standard InChI is InChI=1S/C18H18ClN3O2S/c1-22-17(13-7-3-5-9-15(13)23-2)20-21-18(22)25-12-11-24-16-10-6-4-8-14(16)19/h3-10H,11-12H2,1-2H3. The monoisotopic (exact) mass is 375 g/mol. The lowest BCUT2D eigenvalue weighted by atomic mass is 10.2. The molecule has 3 rings (SSSR count). The summed E-state index contributed by atoms with van der Waals surface area (Å²) in [5.41, 5.74) is 0.916. The predicted octanol–water partition coefficient (Wildman–Crippen LogP) is 4.32. The number of nitrogens with zero attached hydrogens (tertiary/aromatic N) is 3. The Labute approximate surface area is 155 Å². The SMILES string of the molecule is COc1ccccc1-c1nnc(SCCOc2ccccc2Cl)n1C. The Morgan fingerprint density at radius 2 is 1.76 bits per heavy atom. The summed E-state index contributed by atoms with van der Waals surface area (Å²) in [7, 11) is 3.59. The maximum Gasteiger partial charge on any atom is 0.191 e. The van der Waals surface area contributed by atoms with E-state index in [9.17, 15) is 0 Å². The van der Waals surface area contributed by atoms with Gasteiger partial charge in [-0.2, -0.15) is 0 Å². The first-order chi connectivity index (χ1) is 12.2. The van der Waals surface area contributed by atoms with Crippen LogP contribution >= 0.6 is 23.4 Å². The highest BCUT2D eigenvalue weighted by Crippen LogP contribution is 2.30. The van der Waals surface area contributed by atoms with Gasteiger partial charge in [-0.25, -0.2) is 0 Å². The Morgan fingerprint density at radius 1 is 1.04 bits per heavy atom. The molecule has 0 saturated heterocycles. The Bertz CT molecular complexity index is 854. The van der Waals surface area contributed by atoms with Gasteiger partial charge < -0.3 is 14.0 Å². The van der Waals surface area contributed by atoms with E-state index in [1.54, 1.807) is 18.9 Å². The van der Waals surface area contributed by atoms with Crippen molar-refractivity contribution in [3.05, 3.63) is 53.6 Å². The fraction of sp³-hybridized carbons (Fsp3) is 0.222. The second kappa shape index (κ2) is 8.27. The molecule has 0 N–H and O–H groups in total. The number of halogens is 1. The first kappa shape index (κ1) is 17.6. The number of methoxy groups -OCH3 is 1. The molecule has 0 spiro atoms. The quantitative estimate of drug-likeness (QED) is 0.454. The van der Waals surface area contributed by atoms with Crippen molar-refractivity contribution in [3.63, 3.8) is 0 Å². The van der Waals surface area contributed by atoms with Gasteiger partial charge in [0.05, 0.1) is 24.3 Å². The molecule has 0 atom stereocenters. The van der Waals surface area contributed by atoms with Crippen LogP contribution in [0.2, 0.25) is 5.02 Å². The van der Waals surface area contributed by atoms with Crippen LogP contribution in [0.4, 0.5) is 0 Å². The first-order valence-corrected chi connectivity index (χ1v) is 9.10. The summed E-state index contributed by atoms with van der Waals surface area (Å²) in [6.07, 6.45) is 0. The minimum absolute atomic E-state index is 0.533. The summed E-state index contributed by atoms with van der Waals surface area (Å²) >= 11 is 7.66. The Kier molecular flexibility index (Phi) is 5.83. The zero-order chi connectivity index (χ0) is 17.6. The molecule has 7 heteroatoms. The van der Waals surface area contributed by atoms with Crippen molar-refractivity contribution < 1.29 is 9.47 Å². The van der Waals surface area contributed by atoms with Crippen LogP contribution in [0.15, 0.2) is 53.7 Å². The van der Waals surface area contributed by atoms with Crippen LogP contribution in [0.3, 0.4) is 0 Å². The molecule has 0 fully saturated rings. The molecule has 0 saturated carbocycles. The summed E-state index contributed by atoms with van der Waals surface area (Å²) in [6, 6.07) is 15.2. The summed E-state index contributed by atoms with van der Waals surface area (Å²) in [5.74, 6) is 2.98. The van der Waals surface area contributed by atoms with E-state index in [0.29, 0.717) is 17.4 Å². The summed E-state index contributed by atoms with van der Waals surface area (Å²) < 4.78 is 13.1. The lowest BCUT2D eigenvalue weighted by Crippen LogP contribution is -2.02. The van der Waals surface area contributed by atoms with Gasteiger partial charge in [0.25, 0.3) is 0 Å². The Balaban J connectivity index is 1.63. The van der Waals surface area contributed by atoms with Crippen LogP contribution in [-0.2, 0) is 7.05 Å². The molecule has 25 heavy (non-hydrogen) atoms. The number of ether oxygens (including phenoxy) is 2. The lowest BCUT2D eigenvalue weighted by Gasteiger charge is -2.09. The summed E-state index contributed by atoms with van der Waals surface area (Å²) in [4.78, 5) is 0. The fourth-order valence-corrected chi connectivity index (χ4v) is 3.27. The molecule has 130 valence electrons. The molecular weight excluding hydrogens is 358 g/mol. The van der Waals surface area contributed by atoms with Crippen LogP contribution < -0.4 is 9.47 Å². The van der Waals surface area contributed by atoms with Crippen LogP contribution in [0.25, 0.3) is 11.4 Å². The Hall–Kier alpha value is -2.18. The smallest absolute Gasteiger partial charge is 0.191 e. The van der Waals surface area contributed by atoms with Crippen molar-refractivity contribution in [2.45, 2.75) is 5.16 Å². The maximum absolute atomic E-state index is 6.08. The van der Waals surface area contributed by atoms with Gasteiger partial charge in [0, 0.05) is 12.8 Å². The van der Waals surface area contributed by atoms with Crippen molar-refractivity contribution in [2.24, 2.45) is 7.05 Å². The highest BCUT2D eigenvalue weighted by atomic mass is 35.5. The molecule has 1 heterocycles. The van der Waals surface area contributed by atoms with Crippen LogP contribution in [-0.4, -0.2) is 34.2 Å². The molecule has 0 aliphatic rings. The van der Waals surface area contributed by atoms with E-state index in [1.165, 1.54) is 0 Å². The van der Waals surface area contributed by atoms with Gasteiger partial charge >= 0.3 is 0 Å². The van der Waals surface area contributed by atoms with E-state index in [2.05, 4.69) is 10.2 Å². The van der Waals surface area contributed by atoms with Gasteiger partial charge in [-0.1, -0.05) is 47.6 Å². The van der Waals surface area contributed by atoms with Crippen molar-refractivity contribution in [1.82, 2.24) is 14.8 Å². The maximum atomic E-state index is 6.08. The van der Waals surface area contributed by atoms with Crippen molar-refractivity contribution in [1.29, 1.82) is 0 Å². The largest absolute Gasteiger partial charge is 0.496 e. The zero-order valence-electron chi connectivity index (χ0n) is 14.0. The van der Waals surface area contributed by atoms with Gasteiger partial charge in [0.15, 0.2) is 11.0 Å².